The molecule has 1 saturated heterocycles. The van der Waals surface area contributed by atoms with Gasteiger partial charge >= 0.3 is 6.03 Å². The van der Waals surface area contributed by atoms with Gasteiger partial charge in [-0.15, -0.1) is 0 Å². The smallest absolute Gasteiger partial charge is 0.322 e. The number of benzene rings is 2. The Morgan fingerprint density at radius 1 is 1.11 bits per heavy atom. The van der Waals surface area contributed by atoms with Crippen LogP contribution >= 0.6 is 11.6 Å². The van der Waals surface area contributed by atoms with E-state index in [4.69, 9.17) is 16.3 Å². The molecule has 1 aromatic heterocycles. The first kappa shape index (κ1) is 24.4. The minimum Gasteiger partial charge on any atom is -0.377 e. The topological polar surface area (TPSA) is 92.7 Å². The van der Waals surface area contributed by atoms with Crippen LogP contribution in [0.5, 0.6) is 0 Å². The van der Waals surface area contributed by atoms with Crippen molar-refractivity contribution in [2.24, 2.45) is 0 Å². The molecule has 1 fully saturated rings. The number of halogens is 2. The van der Waals surface area contributed by atoms with Crippen molar-refractivity contribution in [3.8, 4) is 5.69 Å². The van der Waals surface area contributed by atoms with Crippen LogP contribution in [-0.4, -0.2) is 46.7 Å². The summed E-state index contributed by atoms with van der Waals surface area (Å²) < 4.78 is 21.8. The van der Waals surface area contributed by atoms with Gasteiger partial charge in [0, 0.05) is 48.6 Å². The van der Waals surface area contributed by atoms with E-state index >= 15 is 0 Å². The fraction of sp³-hybridized carbons (Fsp3) is 0.240. The van der Waals surface area contributed by atoms with Gasteiger partial charge in [-0.25, -0.2) is 9.18 Å². The first-order valence-corrected chi connectivity index (χ1v) is 11.5. The summed E-state index contributed by atoms with van der Waals surface area (Å²) in [6, 6.07) is 14.0. The van der Waals surface area contributed by atoms with Crippen LogP contribution < -0.4 is 16.2 Å². The van der Waals surface area contributed by atoms with Crippen molar-refractivity contribution < 1.29 is 18.7 Å². The second kappa shape index (κ2) is 10.7. The van der Waals surface area contributed by atoms with Crippen molar-refractivity contribution in [3.63, 3.8) is 0 Å². The van der Waals surface area contributed by atoms with Crippen LogP contribution in [0.1, 0.15) is 13.3 Å². The Labute approximate surface area is 206 Å². The number of hydrogen-bond donors (Lipinski definition) is 2. The third-order valence-corrected chi connectivity index (χ3v) is 5.89. The highest BCUT2D eigenvalue weighted by atomic mass is 35.5. The summed E-state index contributed by atoms with van der Waals surface area (Å²) in [4.78, 5) is 39.5. The highest BCUT2D eigenvalue weighted by Crippen LogP contribution is 2.25. The first-order valence-electron chi connectivity index (χ1n) is 11.1. The predicted molar refractivity (Wildman–Crippen MR) is 132 cm³/mol. The van der Waals surface area contributed by atoms with Crippen LogP contribution in [0, 0.1) is 5.82 Å². The van der Waals surface area contributed by atoms with Crippen molar-refractivity contribution in [1.29, 1.82) is 0 Å². The molecule has 3 amide bonds. The number of pyridine rings is 1. The Bertz CT molecular complexity index is 1280. The average molecular weight is 499 g/mol. The van der Waals surface area contributed by atoms with E-state index in [1.54, 1.807) is 36.4 Å². The molecule has 2 N–H and O–H groups in total. The molecule has 2 heterocycles. The Hall–Kier alpha value is -3.69. The molecule has 3 aromatic rings. The molecular weight excluding hydrogens is 475 g/mol. The number of nitrogens with one attached hydrogen (secondary N) is 2. The van der Waals surface area contributed by atoms with Gasteiger partial charge in [0.15, 0.2) is 0 Å². The minimum absolute atomic E-state index is 0.0550. The number of nitrogens with zero attached hydrogens (tertiary/aromatic N) is 2. The number of rotatable bonds is 6. The van der Waals surface area contributed by atoms with Crippen LogP contribution in [0.15, 0.2) is 71.7 Å². The second-order valence-corrected chi connectivity index (χ2v) is 8.42. The maximum atomic E-state index is 14.8. The summed E-state index contributed by atoms with van der Waals surface area (Å²) in [6.45, 7) is 2.48. The molecule has 4 rings (SSSR count). The molecule has 2 unspecified atom stereocenters. The van der Waals surface area contributed by atoms with E-state index in [2.05, 4.69) is 10.6 Å². The summed E-state index contributed by atoms with van der Waals surface area (Å²) in [7, 11) is 0. The average Bonchev–Trinajstić information content (AvgIpc) is 3.27. The summed E-state index contributed by atoms with van der Waals surface area (Å²) in [5.41, 5.74) is 0.489. The lowest BCUT2D eigenvalue weighted by Crippen LogP contribution is -2.45. The number of ether oxygens (including phenoxy) is 1. The number of likely N-dealkylation sites (tertiary alicyclic amines) is 1. The molecule has 1 aliphatic heterocycles. The fourth-order valence-corrected chi connectivity index (χ4v) is 4.09. The van der Waals surface area contributed by atoms with Crippen molar-refractivity contribution in [3.05, 3.63) is 88.1 Å². The lowest BCUT2D eigenvalue weighted by Gasteiger charge is -2.24. The second-order valence-electron chi connectivity index (χ2n) is 7.98. The molecule has 35 heavy (non-hydrogen) atoms. The van der Waals surface area contributed by atoms with Gasteiger partial charge in [0.2, 0.25) is 5.91 Å². The lowest BCUT2D eigenvalue weighted by molar-refractivity contribution is -0.119. The van der Waals surface area contributed by atoms with Gasteiger partial charge < -0.3 is 20.3 Å². The van der Waals surface area contributed by atoms with Crippen LogP contribution in [0.2, 0.25) is 5.02 Å². The number of carbonyl (C=O) groups excluding carboxylic acids is 2. The molecule has 0 radical (unpaired) electrons. The first-order chi connectivity index (χ1) is 16.9. The molecule has 2 atom stereocenters. The summed E-state index contributed by atoms with van der Waals surface area (Å²) in [6.07, 6.45) is 1.47. The summed E-state index contributed by atoms with van der Waals surface area (Å²) in [5.74, 6) is -1.25. The number of aromatic nitrogens is 1. The zero-order chi connectivity index (χ0) is 24.9. The number of hydrogen-bond acceptors (Lipinski definition) is 4. The van der Waals surface area contributed by atoms with Gasteiger partial charge in [-0.1, -0.05) is 17.7 Å². The number of anilines is 2. The van der Waals surface area contributed by atoms with E-state index in [-0.39, 0.29) is 30.3 Å². The molecule has 0 spiro atoms. The number of urea groups is 1. The van der Waals surface area contributed by atoms with E-state index in [1.807, 2.05) is 6.92 Å². The van der Waals surface area contributed by atoms with Crippen molar-refractivity contribution >= 4 is 34.9 Å². The molecule has 0 saturated carbocycles. The molecular formula is C25H24ClFN4O4. The van der Waals surface area contributed by atoms with Gasteiger partial charge in [0.1, 0.15) is 11.9 Å². The van der Waals surface area contributed by atoms with Gasteiger partial charge in [-0.2, -0.15) is 0 Å². The quantitative estimate of drug-likeness (QED) is 0.530. The Kier molecular flexibility index (Phi) is 7.48. The molecule has 0 bridgehead atoms. The highest BCUT2D eigenvalue weighted by Gasteiger charge is 2.40. The molecule has 2 aromatic carbocycles. The maximum absolute atomic E-state index is 14.8. The lowest BCUT2D eigenvalue weighted by atomic mass is 10.1. The molecule has 8 nitrogen and oxygen atoms in total. The zero-order valence-electron chi connectivity index (χ0n) is 18.9. The van der Waals surface area contributed by atoms with Crippen molar-refractivity contribution in [2.75, 3.05) is 23.8 Å². The monoisotopic (exact) mass is 498 g/mol. The van der Waals surface area contributed by atoms with Crippen LogP contribution in [0.25, 0.3) is 5.69 Å². The molecule has 1 aliphatic rings. The number of carbonyl (C=O) groups is 2. The Balaban J connectivity index is 1.50. The van der Waals surface area contributed by atoms with E-state index in [9.17, 15) is 18.8 Å². The molecule has 0 aliphatic carbocycles. The fourth-order valence-electron chi connectivity index (χ4n) is 3.97. The van der Waals surface area contributed by atoms with E-state index in [1.165, 1.54) is 39.9 Å². The van der Waals surface area contributed by atoms with E-state index in [0.717, 1.165) is 0 Å². The SMILES string of the molecule is CCOC1CC(C(=O)Nc2ccc(-n3ccccc3=O)cc2F)N(C(=O)Nc2ccc(Cl)cc2)C1. The highest BCUT2D eigenvalue weighted by molar-refractivity contribution is 6.30. The largest absolute Gasteiger partial charge is 0.377 e. The van der Waals surface area contributed by atoms with Crippen molar-refractivity contribution in [2.45, 2.75) is 25.5 Å². The minimum atomic E-state index is -0.866. The van der Waals surface area contributed by atoms with Crippen LogP contribution in [-0.2, 0) is 9.53 Å². The Morgan fingerprint density at radius 2 is 1.89 bits per heavy atom. The summed E-state index contributed by atoms with van der Waals surface area (Å²) >= 11 is 5.90. The normalized spacial score (nSPS) is 17.3. The third kappa shape index (κ3) is 5.70. The predicted octanol–water partition coefficient (Wildman–Crippen LogP) is 4.28. The van der Waals surface area contributed by atoms with E-state index < -0.39 is 23.8 Å². The van der Waals surface area contributed by atoms with Gasteiger partial charge in [0.25, 0.3) is 5.56 Å². The zero-order valence-corrected chi connectivity index (χ0v) is 19.7. The van der Waals surface area contributed by atoms with Crippen molar-refractivity contribution in [1.82, 2.24) is 9.47 Å². The van der Waals surface area contributed by atoms with Crippen LogP contribution in [0.4, 0.5) is 20.6 Å². The standard InChI is InChI=1S/C25H24ClFN4O4/c1-2-35-19-14-22(31(15-19)25(34)28-17-8-6-16(26)7-9-17)24(33)29-21-11-10-18(13-20(21)27)30-12-4-3-5-23(30)32/h3-13,19,22H,2,14-15H2,1H3,(H,28,34)(H,29,33). The van der Waals surface area contributed by atoms with Gasteiger partial charge in [0.05, 0.1) is 17.5 Å². The molecule has 182 valence electrons. The van der Waals surface area contributed by atoms with Crippen LogP contribution in [0.3, 0.4) is 0 Å². The Morgan fingerprint density at radius 3 is 2.57 bits per heavy atom. The van der Waals surface area contributed by atoms with Gasteiger partial charge in [-0.3, -0.25) is 14.2 Å². The summed E-state index contributed by atoms with van der Waals surface area (Å²) in [5, 5.41) is 5.85. The van der Waals surface area contributed by atoms with E-state index in [0.29, 0.717) is 23.0 Å². The van der Waals surface area contributed by atoms with Gasteiger partial charge in [-0.05, 0) is 49.4 Å². The maximum Gasteiger partial charge on any atom is 0.322 e. The number of amides is 3. The third-order valence-electron chi connectivity index (χ3n) is 5.64. The molecule has 10 heteroatoms.